The Morgan fingerprint density at radius 3 is 2.60 bits per heavy atom. The van der Waals surface area contributed by atoms with E-state index in [1.54, 1.807) is 0 Å². The molecule has 0 aliphatic heterocycles. The normalized spacial score (nSPS) is 12.4. The van der Waals surface area contributed by atoms with Crippen LogP contribution in [0.4, 0.5) is 0 Å². The van der Waals surface area contributed by atoms with Gasteiger partial charge >= 0.3 is 0 Å². The lowest BCUT2D eigenvalue weighted by Crippen LogP contribution is -2.23. The van der Waals surface area contributed by atoms with E-state index in [9.17, 15) is 0 Å². The molecule has 106 valence electrons. The van der Waals surface area contributed by atoms with Gasteiger partial charge in [0.2, 0.25) is 0 Å². The van der Waals surface area contributed by atoms with Crippen LogP contribution in [0.5, 0.6) is 0 Å². The van der Waals surface area contributed by atoms with Crippen LogP contribution in [-0.2, 0) is 0 Å². The van der Waals surface area contributed by atoms with Gasteiger partial charge < -0.3 is 5.32 Å². The van der Waals surface area contributed by atoms with Gasteiger partial charge in [-0.05, 0) is 48.4 Å². The molecule has 0 fully saturated rings. The minimum Gasteiger partial charge on any atom is -0.306 e. The SMILES string of the molecule is CCNC(c1cc(Br)ccc1Br)c1cccc(C)c1Cl. The molecule has 0 bridgehead atoms. The van der Waals surface area contributed by atoms with Gasteiger partial charge in [-0.3, -0.25) is 0 Å². The highest BCUT2D eigenvalue weighted by Gasteiger charge is 2.19. The lowest BCUT2D eigenvalue weighted by Gasteiger charge is -2.22. The van der Waals surface area contributed by atoms with Crippen molar-refractivity contribution in [2.24, 2.45) is 0 Å². The fraction of sp³-hybridized carbons (Fsp3) is 0.250. The Bertz CT molecular complexity index is 611. The highest BCUT2D eigenvalue weighted by atomic mass is 79.9. The maximum absolute atomic E-state index is 6.50. The summed E-state index contributed by atoms with van der Waals surface area (Å²) in [5.74, 6) is 0. The van der Waals surface area contributed by atoms with Gasteiger partial charge in [0.05, 0.1) is 6.04 Å². The Kier molecular flexibility index (Phi) is 5.67. The minimum absolute atomic E-state index is 0.0688. The van der Waals surface area contributed by atoms with Gasteiger partial charge in [-0.2, -0.15) is 0 Å². The van der Waals surface area contributed by atoms with E-state index in [0.29, 0.717) is 0 Å². The quantitative estimate of drug-likeness (QED) is 0.656. The smallest absolute Gasteiger partial charge is 0.0603 e. The van der Waals surface area contributed by atoms with Gasteiger partial charge in [-0.15, -0.1) is 0 Å². The lowest BCUT2D eigenvalue weighted by atomic mass is 9.97. The van der Waals surface area contributed by atoms with Crippen LogP contribution in [0.15, 0.2) is 45.3 Å². The maximum Gasteiger partial charge on any atom is 0.0603 e. The molecular formula is C16H16Br2ClN. The van der Waals surface area contributed by atoms with E-state index in [1.807, 2.05) is 31.2 Å². The Balaban J connectivity index is 2.56. The summed E-state index contributed by atoms with van der Waals surface area (Å²) in [6, 6.07) is 12.4. The second kappa shape index (κ2) is 7.08. The molecule has 0 aliphatic carbocycles. The van der Waals surface area contributed by atoms with E-state index in [0.717, 1.165) is 31.6 Å². The van der Waals surface area contributed by atoms with Crippen LogP contribution in [0, 0.1) is 6.92 Å². The predicted octanol–water partition coefficient (Wildman–Crippen LogP) is 5.87. The number of benzene rings is 2. The summed E-state index contributed by atoms with van der Waals surface area (Å²) in [6.45, 7) is 5.00. The van der Waals surface area contributed by atoms with E-state index in [-0.39, 0.29) is 6.04 Å². The number of hydrogen-bond donors (Lipinski definition) is 1. The zero-order chi connectivity index (χ0) is 14.7. The largest absolute Gasteiger partial charge is 0.306 e. The zero-order valence-electron chi connectivity index (χ0n) is 11.4. The Hall–Kier alpha value is -0.350. The molecule has 2 rings (SSSR count). The Labute approximate surface area is 142 Å². The van der Waals surface area contributed by atoms with E-state index < -0.39 is 0 Å². The number of rotatable bonds is 4. The fourth-order valence-corrected chi connectivity index (χ4v) is 3.31. The van der Waals surface area contributed by atoms with Crippen LogP contribution in [0.25, 0.3) is 0 Å². The van der Waals surface area contributed by atoms with Gasteiger partial charge in [0.1, 0.15) is 0 Å². The average Bonchev–Trinajstić information content (AvgIpc) is 2.43. The molecule has 0 spiro atoms. The first kappa shape index (κ1) is 16.0. The van der Waals surface area contributed by atoms with Crippen molar-refractivity contribution in [2.75, 3.05) is 6.54 Å². The van der Waals surface area contributed by atoms with Crippen molar-refractivity contribution >= 4 is 43.5 Å². The molecule has 0 radical (unpaired) electrons. The highest BCUT2D eigenvalue weighted by Crippen LogP contribution is 2.35. The minimum atomic E-state index is 0.0688. The topological polar surface area (TPSA) is 12.0 Å². The molecule has 1 nitrogen and oxygen atoms in total. The second-order valence-electron chi connectivity index (χ2n) is 4.63. The molecule has 0 amide bonds. The predicted molar refractivity (Wildman–Crippen MR) is 93.6 cm³/mol. The first-order valence-electron chi connectivity index (χ1n) is 6.48. The summed E-state index contributed by atoms with van der Waals surface area (Å²) in [5, 5.41) is 4.34. The molecule has 1 unspecified atom stereocenters. The summed E-state index contributed by atoms with van der Waals surface area (Å²) in [4.78, 5) is 0. The van der Waals surface area contributed by atoms with Crippen LogP contribution in [0.1, 0.15) is 29.7 Å². The molecule has 1 N–H and O–H groups in total. The van der Waals surface area contributed by atoms with Gasteiger partial charge in [-0.25, -0.2) is 0 Å². The summed E-state index contributed by atoms with van der Waals surface area (Å²) in [6.07, 6.45) is 0. The van der Waals surface area contributed by atoms with Gasteiger partial charge in [-0.1, -0.05) is 68.6 Å². The Morgan fingerprint density at radius 1 is 1.15 bits per heavy atom. The molecule has 1 atom stereocenters. The van der Waals surface area contributed by atoms with Crippen LogP contribution < -0.4 is 5.32 Å². The van der Waals surface area contributed by atoms with E-state index in [4.69, 9.17) is 11.6 Å². The van der Waals surface area contributed by atoms with Crippen molar-refractivity contribution in [1.82, 2.24) is 5.32 Å². The van der Waals surface area contributed by atoms with Gasteiger partial charge in [0.25, 0.3) is 0 Å². The molecular weight excluding hydrogens is 401 g/mol. The third-order valence-electron chi connectivity index (χ3n) is 3.21. The molecule has 0 aromatic heterocycles. The third kappa shape index (κ3) is 3.45. The molecule has 20 heavy (non-hydrogen) atoms. The van der Waals surface area contributed by atoms with Crippen molar-refractivity contribution in [3.8, 4) is 0 Å². The summed E-state index contributed by atoms with van der Waals surface area (Å²) in [5.41, 5.74) is 3.37. The molecule has 2 aromatic carbocycles. The summed E-state index contributed by atoms with van der Waals surface area (Å²) < 4.78 is 2.13. The molecule has 0 saturated heterocycles. The maximum atomic E-state index is 6.50. The molecule has 4 heteroatoms. The standard InChI is InChI=1S/C16H16Br2ClN/c1-3-20-16(12-6-4-5-10(2)15(12)19)13-9-11(17)7-8-14(13)18/h4-9,16,20H,3H2,1-2H3. The van der Waals surface area contributed by atoms with Gasteiger partial charge in [0.15, 0.2) is 0 Å². The van der Waals surface area contributed by atoms with Crippen molar-refractivity contribution in [2.45, 2.75) is 19.9 Å². The summed E-state index contributed by atoms with van der Waals surface area (Å²) >= 11 is 13.7. The van der Waals surface area contributed by atoms with Crippen LogP contribution in [0.2, 0.25) is 5.02 Å². The van der Waals surface area contributed by atoms with Crippen molar-refractivity contribution in [3.63, 3.8) is 0 Å². The monoisotopic (exact) mass is 415 g/mol. The van der Waals surface area contributed by atoms with Crippen molar-refractivity contribution in [1.29, 1.82) is 0 Å². The number of halogens is 3. The lowest BCUT2D eigenvalue weighted by molar-refractivity contribution is 0.628. The molecule has 2 aromatic rings. The molecule has 0 heterocycles. The fourth-order valence-electron chi connectivity index (χ4n) is 2.22. The van der Waals surface area contributed by atoms with Crippen LogP contribution in [-0.4, -0.2) is 6.54 Å². The second-order valence-corrected chi connectivity index (χ2v) is 6.78. The molecule has 0 aliphatic rings. The summed E-state index contributed by atoms with van der Waals surface area (Å²) in [7, 11) is 0. The number of nitrogens with one attached hydrogen (secondary N) is 1. The molecule has 0 saturated carbocycles. The first-order valence-corrected chi connectivity index (χ1v) is 8.44. The van der Waals surface area contributed by atoms with E-state index in [2.05, 4.69) is 56.2 Å². The average molecular weight is 418 g/mol. The Morgan fingerprint density at radius 2 is 1.90 bits per heavy atom. The van der Waals surface area contributed by atoms with E-state index >= 15 is 0 Å². The zero-order valence-corrected chi connectivity index (χ0v) is 15.3. The first-order chi connectivity index (χ1) is 9.54. The van der Waals surface area contributed by atoms with Crippen LogP contribution in [0.3, 0.4) is 0 Å². The van der Waals surface area contributed by atoms with E-state index in [1.165, 1.54) is 5.56 Å². The van der Waals surface area contributed by atoms with Crippen LogP contribution >= 0.6 is 43.5 Å². The highest BCUT2D eigenvalue weighted by molar-refractivity contribution is 9.11. The van der Waals surface area contributed by atoms with Crippen molar-refractivity contribution < 1.29 is 0 Å². The number of hydrogen-bond acceptors (Lipinski definition) is 1. The number of aryl methyl sites for hydroxylation is 1. The third-order valence-corrected chi connectivity index (χ3v) is 4.94. The van der Waals surface area contributed by atoms with Crippen molar-refractivity contribution in [3.05, 3.63) is 67.1 Å². The van der Waals surface area contributed by atoms with Gasteiger partial charge in [0, 0.05) is 14.0 Å².